The first-order valence-corrected chi connectivity index (χ1v) is 5.62. The van der Waals surface area contributed by atoms with E-state index in [-0.39, 0.29) is 0 Å². The van der Waals surface area contributed by atoms with Crippen LogP contribution in [0.15, 0.2) is 10.5 Å². The molecule has 1 rings (SSSR count). The number of ether oxygens (including phenoxy) is 3. The predicted octanol–water partition coefficient (Wildman–Crippen LogP) is 2.98. The third kappa shape index (κ3) is 2.11. The molecular weight excluding hydrogens is 268 g/mol. The lowest BCUT2D eigenvalue weighted by atomic mass is 10.2. The minimum atomic E-state index is -0.722. The van der Waals surface area contributed by atoms with Crippen LogP contribution in [0.2, 0.25) is 0 Å². The minimum Gasteiger partial charge on any atom is -0.487 e. The molecule has 5 heteroatoms. The standard InChI is InChI=1S/C9H13BrO3S/c1-9(12-3,13-4)8-6(10)5-7(11-2)14-8/h5H,1-4H3. The van der Waals surface area contributed by atoms with Crippen molar-refractivity contribution in [1.82, 2.24) is 0 Å². The first-order chi connectivity index (χ1) is 6.57. The molecular formula is C9H13BrO3S. The van der Waals surface area contributed by atoms with Gasteiger partial charge in [-0.3, -0.25) is 0 Å². The van der Waals surface area contributed by atoms with E-state index >= 15 is 0 Å². The Bertz CT molecular complexity index is 307. The van der Waals surface area contributed by atoms with E-state index in [1.165, 1.54) is 11.3 Å². The zero-order chi connectivity index (χ0) is 10.8. The van der Waals surface area contributed by atoms with Crippen LogP contribution in [0.3, 0.4) is 0 Å². The molecule has 0 fully saturated rings. The average molecular weight is 281 g/mol. The molecule has 1 aromatic heterocycles. The second-order valence-electron chi connectivity index (χ2n) is 2.80. The van der Waals surface area contributed by atoms with Crippen molar-refractivity contribution in [2.24, 2.45) is 0 Å². The molecule has 0 unspecified atom stereocenters. The van der Waals surface area contributed by atoms with Gasteiger partial charge in [0.25, 0.3) is 0 Å². The van der Waals surface area contributed by atoms with Crippen LogP contribution < -0.4 is 4.74 Å². The first kappa shape index (κ1) is 12.0. The maximum atomic E-state index is 5.31. The second kappa shape index (κ2) is 4.61. The van der Waals surface area contributed by atoms with Gasteiger partial charge < -0.3 is 14.2 Å². The van der Waals surface area contributed by atoms with Gasteiger partial charge in [0.2, 0.25) is 5.79 Å². The predicted molar refractivity (Wildman–Crippen MR) is 59.9 cm³/mol. The lowest BCUT2D eigenvalue weighted by molar-refractivity contribution is -0.199. The number of thiophene rings is 1. The van der Waals surface area contributed by atoms with Gasteiger partial charge in [-0.05, 0) is 22.9 Å². The van der Waals surface area contributed by atoms with Gasteiger partial charge in [0, 0.05) is 24.8 Å². The van der Waals surface area contributed by atoms with Crippen LogP contribution >= 0.6 is 27.3 Å². The molecule has 14 heavy (non-hydrogen) atoms. The fraction of sp³-hybridized carbons (Fsp3) is 0.556. The van der Waals surface area contributed by atoms with Crippen LogP contribution in [0.5, 0.6) is 5.06 Å². The summed E-state index contributed by atoms with van der Waals surface area (Å²) in [4.78, 5) is 0.958. The number of halogens is 1. The zero-order valence-electron chi connectivity index (χ0n) is 8.59. The molecule has 0 aliphatic carbocycles. The third-order valence-electron chi connectivity index (χ3n) is 2.06. The van der Waals surface area contributed by atoms with E-state index in [9.17, 15) is 0 Å². The molecule has 0 aliphatic rings. The molecule has 0 spiro atoms. The summed E-state index contributed by atoms with van der Waals surface area (Å²) in [5.41, 5.74) is 0. The van der Waals surface area contributed by atoms with Crippen molar-refractivity contribution in [3.8, 4) is 5.06 Å². The highest BCUT2D eigenvalue weighted by molar-refractivity contribution is 9.10. The van der Waals surface area contributed by atoms with Gasteiger partial charge >= 0.3 is 0 Å². The summed E-state index contributed by atoms with van der Waals surface area (Å²) in [5.74, 6) is -0.722. The van der Waals surface area contributed by atoms with Crippen molar-refractivity contribution >= 4 is 27.3 Å². The van der Waals surface area contributed by atoms with Gasteiger partial charge in [-0.15, -0.1) is 0 Å². The molecule has 3 nitrogen and oxygen atoms in total. The summed E-state index contributed by atoms with van der Waals surface area (Å²) in [6.07, 6.45) is 0. The van der Waals surface area contributed by atoms with Crippen LogP contribution in [0.1, 0.15) is 11.8 Å². The highest BCUT2D eigenvalue weighted by atomic mass is 79.9. The van der Waals surface area contributed by atoms with Gasteiger partial charge in [0.15, 0.2) is 5.06 Å². The normalized spacial score (nSPS) is 11.8. The van der Waals surface area contributed by atoms with Gasteiger partial charge in [-0.1, -0.05) is 11.3 Å². The molecule has 1 aromatic rings. The smallest absolute Gasteiger partial charge is 0.202 e. The first-order valence-electron chi connectivity index (χ1n) is 4.01. The average Bonchev–Trinajstić information content (AvgIpc) is 2.59. The Kier molecular flexibility index (Phi) is 3.94. The Hall–Kier alpha value is -0.100. The van der Waals surface area contributed by atoms with Crippen LogP contribution in [-0.2, 0) is 15.3 Å². The summed E-state index contributed by atoms with van der Waals surface area (Å²) in [7, 11) is 4.86. The van der Waals surface area contributed by atoms with Crippen LogP contribution in [0.25, 0.3) is 0 Å². The molecule has 0 radical (unpaired) electrons. The van der Waals surface area contributed by atoms with Gasteiger partial charge in [-0.2, -0.15) is 0 Å². The largest absolute Gasteiger partial charge is 0.487 e. The third-order valence-corrected chi connectivity index (χ3v) is 4.23. The molecule has 0 aliphatic heterocycles. The van der Waals surface area contributed by atoms with E-state index in [0.29, 0.717) is 0 Å². The molecule has 0 amide bonds. The molecule has 0 atom stereocenters. The van der Waals surface area contributed by atoms with E-state index in [2.05, 4.69) is 15.9 Å². The van der Waals surface area contributed by atoms with Crippen molar-refractivity contribution in [3.05, 3.63) is 15.4 Å². The highest BCUT2D eigenvalue weighted by Crippen LogP contribution is 2.41. The minimum absolute atomic E-state index is 0.722. The summed E-state index contributed by atoms with van der Waals surface area (Å²) in [6.45, 7) is 1.86. The molecule has 1 heterocycles. The molecule has 0 saturated carbocycles. The van der Waals surface area contributed by atoms with E-state index in [1.54, 1.807) is 21.3 Å². The molecule has 0 saturated heterocycles. The Balaban J connectivity index is 3.10. The van der Waals surface area contributed by atoms with Crippen molar-refractivity contribution in [2.45, 2.75) is 12.7 Å². The van der Waals surface area contributed by atoms with E-state index < -0.39 is 5.79 Å². The van der Waals surface area contributed by atoms with Crippen molar-refractivity contribution in [1.29, 1.82) is 0 Å². The Morgan fingerprint density at radius 3 is 2.21 bits per heavy atom. The van der Waals surface area contributed by atoms with E-state index in [1.807, 2.05) is 13.0 Å². The fourth-order valence-electron chi connectivity index (χ4n) is 1.03. The van der Waals surface area contributed by atoms with Gasteiger partial charge in [-0.25, -0.2) is 0 Å². The number of rotatable bonds is 4. The quantitative estimate of drug-likeness (QED) is 0.794. The zero-order valence-corrected chi connectivity index (χ0v) is 11.0. The summed E-state index contributed by atoms with van der Waals surface area (Å²) < 4.78 is 16.7. The molecule has 0 N–H and O–H groups in total. The van der Waals surface area contributed by atoms with Crippen molar-refractivity contribution in [3.63, 3.8) is 0 Å². The number of methoxy groups -OCH3 is 3. The maximum absolute atomic E-state index is 5.31. The molecule has 0 bridgehead atoms. The molecule has 0 aromatic carbocycles. The number of hydrogen-bond donors (Lipinski definition) is 0. The summed E-state index contributed by atoms with van der Waals surface area (Å²) in [6, 6.07) is 1.90. The van der Waals surface area contributed by atoms with Gasteiger partial charge in [0.1, 0.15) is 0 Å². The highest BCUT2D eigenvalue weighted by Gasteiger charge is 2.30. The maximum Gasteiger partial charge on any atom is 0.202 e. The SMILES string of the molecule is COc1cc(Br)c(C(C)(OC)OC)s1. The fourth-order valence-corrected chi connectivity index (χ4v) is 2.96. The summed E-state index contributed by atoms with van der Waals surface area (Å²) in [5, 5.41) is 0.826. The van der Waals surface area contributed by atoms with Gasteiger partial charge in [0.05, 0.1) is 12.0 Å². The van der Waals surface area contributed by atoms with Crippen LogP contribution in [0.4, 0.5) is 0 Å². The van der Waals surface area contributed by atoms with Crippen LogP contribution in [0, 0.1) is 0 Å². The Morgan fingerprint density at radius 2 is 1.86 bits per heavy atom. The van der Waals surface area contributed by atoms with E-state index in [4.69, 9.17) is 14.2 Å². The molecule has 80 valence electrons. The van der Waals surface area contributed by atoms with E-state index in [0.717, 1.165) is 14.4 Å². The van der Waals surface area contributed by atoms with Crippen molar-refractivity contribution in [2.75, 3.05) is 21.3 Å². The summed E-state index contributed by atoms with van der Waals surface area (Å²) >= 11 is 4.94. The Labute approximate surface area is 96.1 Å². The Morgan fingerprint density at radius 1 is 1.29 bits per heavy atom. The lowest BCUT2D eigenvalue weighted by Gasteiger charge is -2.25. The lowest BCUT2D eigenvalue weighted by Crippen LogP contribution is -2.25. The van der Waals surface area contributed by atoms with Crippen LogP contribution in [-0.4, -0.2) is 21.3 Å². The topological polar surface area (TPSA) is 27.7 Å². The number of hydrogen-bond acceptors (Lipinski definition) is 4. The second-order valence-corrected chi connectivity index (χ2v) is 4.67. The monoisotopic (exact) mass is 280 g/mol. The van der Waals surface area contributed by atoms with Crippen molar-refractivity contribution < 1.29 is 14.2 Å².